The highest BCUT2D eigenvalue weighted by Gasteiger charge is 2.85. The standard InChI is InChI=1S/C48H57N3O8/c1-23-30(22-51-41(49)50)47(58,39(54)24(2)40(55)56)28-16-14-26-19-27-20-46(57)29(15-13-25-11-9-8-10-12-25)37-42(3,4)32(53)17-18-43(37,5)35-31(52)21-44(6)34(23)36(33(26)28)48(27,59)45(44,7)38(35)46/h8-13,15-16,20,23-24,29-30,34,36-37,57-59H,14,17-19,21-22H2,1-7H3,(H,55,56)(H4,49,50,51)/t23-,24+,29+,30-,34-,36-,37-,43+,44-,45-,46+,47-,48-/m0/s1. The molecule has 13 atom stereocenters. The number of carboxylic acids is 1. The maximum atomic E-state index is 15.5. The summed E-state index contributed by atoms with van der Waals surface area (Å²) in [5.74, 6) is -8.31. The number of benzene rings is 1. The quantitative estimate of drug-likeness (QED) is 0.0953. The van der Waals surface area contributed by atoms with Crippen LogP contribution in [0.2, 0.25) is 0 Å². The number of nitrogens with two attached hydrogens (primary N) is 2. The molecule has 0 heterocycles. The highest BCUT2D eigenvalue weighted by molar-refractivity contribution is 6.06. The van der Waals surface area contributed by atoms with E-state index in [1.165, 1.54) is 6.92 Å². The zero-order chi connectivity index (χ0) is 42.8. The lowest BCUT2D eigenvalue weighted by Gasteiger charge is -2.69. The van der Waals surface area contributed by atoms with Crippen molar-refractivity contribution in [3.05, 3.63) is 87.6 Å². The molecule has 59 heavy (non-hydrogen) atoms. The Morgan fingerprint density at radius 3 is 2.36 bits per heavy atom. The predicted octanol–water partition coefficient (Wildman–Crippen LogP) is 4.86. The Labute approximate surface area is 345 Å². The highest BCUT2D eigenvalue weighted by atomic mass is 16.4. The van der Waals surface area contributed by atoms with E-state index >= 15 is 4.79 Å². The maximum Gasteiger partial charge on any atom is 0.313 e. The Kier molecular flexibility index (Phi) is 8.20. The van der Waals surface area contributed by atoms with Gasteiger partial charge in [-0.05, 0) is 83.3 Å². The van der Waals surface area contributed by atoms with Crippen LogP contribution < -0.4 is 11.5 Å². The van der Waals surface area contributed by atoms with Crippen molar-refractivity contribution in [1.29, 1.82) is 0 Å². The summed E-state index contributed by atoms with van der Waals surface area (Å²) in [5, 5.41) is 51.5. The molecule has 8 N–H and O–H groups in total. The molecule has 0 unspecified atom stereocenters. The summed E-state index contributed by atoms with van der Waals surface area (Å²) in [6.07, 6.45) is 8.91. The summed E-state index contributed by atoms with van der Waals surface area (Å²) in [6, 6.07) is 9.80. The Balaban J connectivity index is 1.37. The van der Waals surface area contributed by atoms with Crippen molar-refractivity contribution < 1.29 is 39.6 Å². The van der Waals surface area contributed by atoms with E-state index in [0.29, 0.717) is 35.1 Å². The van der Waals surface area contributed by atoms with E-state index in [-0.39, 0.29) is 48.9 Å². The van der Waals surface area contributed by atoms with Gasteiger partial charge < -0.3 is 31.9 Å². The van der Waals surface area contributed by atoms with Gasteiger partial charge in [0.05, 0.1) is 0 Å². The SMILES string of the molecule is C[C@@H](C(=O)O)C(=O)[C@]1(O)C2=CCC3=C2[C@H]2[C@H]([C@@H](C)[C@@H]1CN=C(N)N)[C@]1(C)CC(=O)C4=C5[C@]1(C)[C@]2(O)C(=C[C@@]5(O)[C@H](C=Cc1ccccc1)[C@H]1C(C)(C)C(=O)CC[C@]41C)C3. The van der Waals surface area contributed by atoms with Crippen molar-refractivity contribution in [2.75, 3.05) is 6.54 Å². The van der Waals surface area contributed by atoms with Crippen molar-refractivity contribution >= 4 is 35.4 Å². The zero-order valence-corrected chi connectivity index (χ0v) is 35.0. The molecule has 312 valence electrons. The smallest absolute Gasteiger partial charge is 0.313 e. The number of hydrogen-bond donors (Lipinski definition) is 6. The summed E-state index contributed by atoms with van der Waals surface area (Å²) in [5.41, 5.74) is 6.28. The minimum absolute atomic E-state index is 0.00922. The van der Waals surface area contributed by atoms with Gasteiger partial charge in [-0.3, -0.25) is 24.2 Å². The lowest BCUT2D eigenvalue weighted by molar-refractivity contribution is -0.165. The number of ketones is 3. The van der Waals surface area contributed by atoms with Gasteiger partial charge in [0.1, 0.15) is 22.9 Å². The number of fused-ring (bicyclic) bond motifs is 3. The molecule has 0 radical (unpaired) electrons. The van der Waals surface area contributed by atoms with E-state index in [1.54, 1.807) is 6.08 Å². The fourth-order valence-corrected chi connectivity index (χ4v) is 15.3. The van der Waals surface area contributed by atoms with Crippen LogP contribution in [0.4, 0.5) is 0 Å². The van der Waals surface area contributed by atoms with Crippen LogP contribution in [0.1, 0.15) is 86.1 Å². The lowest BCUT2D eigenvalue weighted by Crippen LogP contribution is -2.71. The molecule has 1 aromatic carbocycles. The third kappa shape index (κ3) is 4.46. The number of carbonyl (C=O) groups excluding carboxylic acids is 3. The van der Waals surface area contributed by atoms with Gasteiger partial charge in [-0.25, -0.2) is 0 Å². The monoisotopic (exact) mass is 803 g/mol. The summed E-state index contributed by atoms with van der Waals surface area (Å²) >= 11 is 0. The number of hydrogen-bond acceptors (Lipinski definition) is 8. The molecule has 8 aliphatic rings. The Morgan fingerprint density at radius 1 is 1.03 bits per heavy atom. The highest BCUT2D eigenvalue weighted by Crippen LogP contribution is 2.83. The molecule has 11 nitrogen and oxygen atoms in total. The maximum absolute atomic E-state index is 15.5. The first-order chi connectivity index (χ1) is 27.5. The third-order valence-corrected chi connectivity index (χ3v) is 17.8. The number of guanidine groups is 1. The van der Waals surface area contributed by atoms with Gasteiger partial charge in [-0.1, -0.05) is 95.7 Å². The van der Waals surface area contributed by atoms with Crippen LogP contribution in [0.5, 0.6) is 0 Å². The minimum Gasteiger partial charge on any atom is -0.481 e. The molecule has 0 saturated heterocycles. The first-order valence-electron chi connectivity index (χ1n) is 21.2. The fraction of sp³-hybridized carbons (Fsp3) is 0.562. The summed E-state index contributed by atoms with van der Waals surface area (Å²) in [6.45, 7) is 13.0. The van der Waals surface area contributed by atoms with Crippen LogP contribution >= 0.6 is 0 Å². The minimum atomic E-state index is -2.33. The van der Waals surface area contributed by atoms with E-state index in [4.69, 9.17) is 11.5 Å². The van der Waals surface area contributed by atoms with Gasteiger partial charge in [-0.2, -0.15) is 0 Å². The Hall–Kier alpha value is -4.45. The Morgan fingerprint density at radius 2 is 1.71 bits per heavy atom. The third-order valence-electron chi connectivity index (χ3n) is 17.8. The molecule has 0 aromatic heterocycles. The number of aliphatic carboxylic acids is 1. The summed E-state index contributed by atoms with van der Waals surface area (Å²) in [4.78, 5) is 60.9. The van der Waals surface area contributed by atoms with Gasteiger partial charge in [0, 0.05) is 59.0 Å². The predicted molar refractivity (Wildman–Crippen MR) is 221 cm³/mol. The number of nitrogens with zero attached hydrogens (tertiary/aromatic N) is 1. The van der Waals surface area contributed by atoms with Crippen molar-refractivity contribution in [3.63, 3.8) is 0 Å². The number of carboxylic acid groups (broad SMARTS) is 1. The molecule has 11 heteroatoms. The van der Waals surface area contributed by atoms with Crippen LogP contribution in [0.15, 0.2) is 87.0 Å². The number of aliphatic imine (C=N–C) groups is 1. The van der Waals surface area contributed by atoms with E-state index in [1.807, 2.05) is 83.2 Å². The van der Waals surface area contributed by atoms with Crippen LogP contribution in [-0.4, -0.2) is 73.1 Å². The fourth-order valence-electron chi connectivity index (χ4n) is 15.3. The molecule has 3 saturated carbocycles. The molecular weight excluding hydrogens is 747 g/mol. The van der Waals surface area contributed by atoms with Crippen molar-refractivity contribution in [2.45, 2.75) is 97.4 Å². The van der Waals surface area contributed by atoms with Crippen molar-refractivity contribution in [1.82, 2.24) is 0 Å². The van der Waals surface area contributed by atoms with Crippen LogP contribution in [0, 0.1) is 63.1 Å². The van der Waals surface area contributed by atoms with E-state index < -0.39 is 91.6 Å². The average molecular weight is 804 g/mol. The van der Waals surface area contributed by atoms with Crippen molar-refractivity contribution in [3.8, 4) is 0 Å². The first-order valence-corrected chi connectivity index (χ1v) is 21.2. The van der Waals surface area contributed by atoms with Gasteiger partial charge in [-0.15, -0.1) is 0 Å². The number of carbonyl (C=O) groups is 4. The molecule has 0 aliphatic heterocycles. The number of aliphatic hydroxyl groups is 3. The summed E-state index contributed by atoms with van der Waals surface area (Å²) < 4.78 is 0. The molecule has 0 bridgehead atoms. The molecule has 8 aliphatic carbocycles. The van der Waals surface area contributed by atoms with E-state index in [9.17, 15) is 34.8 Å². The molecular formula is C48H57N3O8. The van der Waals surface area contributed by atoms with Gasteiger partial charge in [0.2, 0.25) is 0 Å². The van der Waals surface area contributed by atoms with Gasteiger partial charge in [0.25, 0.3) is 0 Å². The molecule has 0 spiro atoms. The van der Waals surface area contributed by atoms with Crippen LogP contribution in [-0.2, 0) is 19.2 Å². The topological polar surface area (TPSA) is 214 Å². The average Bonchev–Trinajstić information content (AvgIpc) is 3.63. The summed E-state index contributed by atoms with van der Waals surface area (Å²) in [7, 11) is 0. The normalized spacial score (nSPS) is 44.0. The molecule has 3 fully saturated rings. The molecule has 1 aromatic rings. The van der Waals surface area contributed by atoms with E-state index in [0.717, 1.165) is 11.1 Å². The van der Waals surface area contributed by atoms with E-state index in [2.05, 4.69) is 11.9 Å². The van der Waals surface area contributed by atoms with Crippen molar-refractivity contribution in [2.24, 2.45) is 79.5 Å². The van der Waals surface area contributed by atoms with Crippen LogP contribution in [0.25, 0.3) is 6.08 Å². The Bertz CT molecular complexity index is 2350. The van der Waals surface area contributed by atoms with Gasteiger partial charge in [0.15, 0.2) is 23.1 Å². The first kappa shape index (κ1) is 40.0. The number of rotatable bonds is 7. The van der Waals surface area contributed by atoms with Crippen LogP contribution in [0.3, 0.4) is 0 Å². The van der Waals surface area contributed by atoms with Gasteiger partial charge >= 0.3 is 5.97 Å². The molecule has 0 amide bonds. The second-order valence-electron chi connectivity index (χ2n) is 20.4. The second kappa shape index (κ2) is 12.1. The zero-order valence-electron chi connectivity index (χ0n) is 35.0. The largest absolute Gasteiger partial charge is 0.481 e. The molecule has 9 rings (SSSR count). The lowest BCUT2D eigenvalue weighted by atomic mass is 9.35. The second-order valence-corrected chi connectivity index (χ2v) is 20.4. The number of allylic oxidation sites excluding steroid dienone is 3. The number of Topliss-reactive ketones (excluding diaryl/α,β-unsaturated/α-hetero) is 3.